The standard InChI is InChI=1S/C30H24ClF2N7O3.C14H11BClN3O4.C14H9BrClN3O2.C14H10ClN3O2.C10H8ClN3O.C7H4ClN3O/c1-16-4-3-5-20(23-12-18(10-11-34-23)27-24(36-28(16)41)14-35-40(27)30(32)33)21-7-9-26(43-29(21)42)22-13-19(31)6-8-25(22)39-15-17(2)37-38-39;1-8-7-19(18-17-8)12-4-2-9(16)6-10(12)13-5-3-11(15(21)22)14(20)23-13;1-8-7-19(18-17-8)12-4-2-9(16)6-10(12)13-5-3-11(15)14(20)21-13;1-9-8-18(17-16-9)12-6-5-10(15)7-11(12)13-3-2-4-14(19)20-13;1-7-5-14(13-12-7)10-3-2-9(11)4-8(10)6-15;8-6-1-2-7(10-11-9)5(3-6)4-12/h5-16,30H,3-4H2,1-2H3,(H,36,41);2-7,21-22H,1H3;2-7H,1H3;2-8H,1H3;2-6H,1H3;1-4H/b20-5-;;;;;/t16-;;;;;/m1...../s1. The van der Waals surface area contributed by atoms with Crippen molar-refractivity contribution in [1.29, 1.82) is 0 Å². The number of aromatic nitrogens is 18. The van der Waals surface area contributed by atoms with Crippen molar-refractivity contribution < 1.29 is 50.9 Å². The van der Waals surface area contributed by atoms with E-state index in [-0.39, 0.29) is 45.5 Å². The van der Waals surface area contributed by atoms with Crippen molar-refractivity contribution in [2.75, 3.05) is 5.32 Å². The Kier molecular flexibility index (Phi) is 31.7. The van der Waals surface area contributed by atoms with Gasteiger partial charge in [0.1, 0.15) is 27.5 Å². The van der Waals surface area contributed by atoms with E-state index >= 15 is 0 Å². The van der Waals surface area contributed by atoms with Crippen LogP contribution in [0.1, 0.15) is 86.8 Å². The van der Waals surface area contributed by atoms with Gasteiger partial charge >= 0.3 is 36.2 Å². The van der Waals surface area contributed by atoms with Gasteiger partial charge in [-0.05, 0) is 221 Å². The summed E-state index contributed by atoms with van der Waals surface area (Å²) in [6.07, 6.45) is 15.4. The second kappa shape index (κ2) is 43.9. The summed E-state index contributed by atoms with van der Waals surface area (Å²) in [5.41, 5.74) is 17.7. The number of nitrogens with one attached hydrogen (secondary N) is 1. The zero-order valence-electron chi connectivity index (χ0n) is 70.3. The monoisotopic (exact) mass is 1990 g/mol. The van der Waals surface area contributed by atoms with Crippen molar-refractivity contribution >= 4 is 134 Å². The van der Waals surface area contributed by atoms with Gasteiger partial charge in [0.05, 0.1) is 122 Å². The van der Waals surface area contributed by atoms with Crippen molar-refractivity contribution in [2.45, 2.75) is 60.9 Å². The van der Waals surface area contributed by atoms with Gasteiger partial charge in [-0.3, -0.25) is 19.4 Å². The number of azide groups is 1. The molecule has 0 aliphatic carbocycles. The molecule has 17 aromatic rings. The first-order valence-corrected chi connectivity index (χ1v) is 42.5. The normalized spacial score (nSPS) is 12.4. The number of alkyl halides is 2. The molecule has 0 radical (unpaired) electrons. The highest BCUT2D eigenvalue weighted by Crippen LogP contribution is 2.38. The van der Waals surface area contributed by atoms with Crippen molar-refractivity contribution in [3.63, 3.8) is 0 Å². The lowest BCUT2D eigenvalue weighted by atomic mass is 9.81. The van der Waals surface area contributed by atoms with Crippen LogP contribution in [0.3, 0.4) is 0 Å². The number of rotatable bonds is 15. The molecule has 0 saturated carbocycles. The van der Waals surface area contributed by atoms with Gasteiger partial charge in [-0.2, -0.15) is 13.9 Å². The number of pyridine rings is 1. The average molecular weight is 1990 g/mol. The van der Waals surface area contributed by atoms with Crippen LogP contribution in [0.5, 0.6) is 0 Å². The molecule has 1 amide bonds. The molecular weight excluding hydrogens is 1930 g/mol. The highest BCUT2D eigenvalue weighted by atomic mass is 79.9. The fourth-order valence-corrected chi connectivity index (χ4v) is 14.2. The molecule has 3 N–H and O–H groups in total. The number of benzene rings is 6. The molecule has 0 saturated heterocycles. The van der Waals surface area contributed by atoms with E-state index in [9.17, 15) is 42.3 Å². The van der Waals surface area contributed by atoms with Crippen LogP contribution in [0.2, 0.25) is 30.1 Å². The lowest BCUT2D eigenvalue weighted by Gasteiger charge is -2.16. The molecule has 45 heteroatoms. The molecule has 0 unspecified atom stereocenters. The fourth-order valence-electron chi connectivity index (χ4n) is 13.0. The number of aldehydes is 2. The van der Waals surface area contributed by atoms with Gasteiger partial charge < -0.3 is 33.0 Å². The second-order valence-electron chi connectivity index (χ2n) is 28.8. The molecule has 676 valence electrons. The van der Waals surface area contributed by atoms with Gasteiger partial charge in [0.25, 0.3) is 0 Å². The predicted molar refractivity (Wildman–Crippen MR) is 501 cm³/mol. The van der Waals surface area contributed by atoms with Crippen LogP contribution in [0.4, 0.5) is 20.2 Å². The molecule has 12 heterocycles. The second-order valence-corrected chi connectivity index (χ2v) is 32.3. The van der Waals surface area contributed by atoms with E-state index in [2.05, 4.69) is 92.9 Å². The lowest BCUT2D eigenvalue weighted by molar-refractivity contribution is -0.119. The summed E-state index contributed by atoms with van der Waals surface area (Å²) >= 11 is 38.9. The molecule has 0 fully saturated rings. The van der Waals surface area contributed by atoms with E-state index in [0.29, 0.717) is 143 Å². The van der Waals surface area contributed by atoms with Gasteiger partial charge in [0.2, 0.25) is 5.91 Å². The number of allylic oxidation sites excluding steroid dienone is 1. The van der Waals surface area contributed by atoms with Crippen molar-refractivity contribution in [1.82, 2.24) is 89.7 Å². The molecule has 134 heavy (non-hydrogen) atoms. The predicted octanol–water partition coefficient (Wildman–Crippen LogP) is 18.4. The number of carbonyl (C=O) groups is 3. The van der Waals surface area contributed by atoms with Crippen molar-refractivity contribution in [3.05, 3.63) is 363 Å². The Bertz CT molecular complexity index is 7600. The number of hydrogen-bond acceptors (Lipinski definition) is 26. The molecule has 1 aliphatic heterocycles. The first kappa shape index (κ1) is 96.7. The molecule has 0 spiro atoms. The largest absolute Gasteiger partial charge is 0.495 e. The van der Waals surface area contributed by atoms with Crippen molar-refractivity contribution in [3.8, 4) is 85.0 Å². The number of amides is 1. The average Bonchev–Trinajstić information content (AvgIpc) is 1.41. The summed E-state index contributed by atoms with van der Waals surface area (Å²) < 4.78 is 58.1. The Morgan fingerprint density at radius 1 is 0.515 bits per heavy atom. The van der Waals surface area contributed by atoms with Crippen LogP contribution < -0.4 is 33.3 Å². The van der Waals surface area contributed by atoms with E-state index in [1.54, 1.807) is 215 Å². The maximum absolute atomic E-state index is 13.9. The van der Waals surface area contributed by atoms with Gasteiger partial charge in [-0.25, -0.2) is 47.3 Å². The van der Waals surface area contributed by atoms with Crippen LogP contribution >= 0.6 is 85.5 Å². The van der Waals surface area contributed by atoms with Crippen LogP contribution in [0.15, 0.2) is 272 Å². The molecule has 35 nitrogen and oxygen atoms in total. The highest BCUT2D eigenvalue weighted by Gasteiger charge is 2.27. The minimum absolute atomic E-state index is 0.0262. The van der Waals surface area contributed by atoms with Crippen LogP contribution in [-0.4, -0.2) is 125 Å². The van der Waals surface area contributed by atoms with Crippen molar-refractivity contribution in [2.24, 2.45) is 11.0 Å². The number of aryl methyl sites for hydroxylation is 5. The molecule has 1 aliphatic rings. The van der Waals surface area contributed by atoms with Crippen LogP contribution in [0.25, 0.3) is 101 Å². The van der Waals surface area contributed by atoms with E-state index in [1.807, 2.05) is 27.7 Å². The summed E-state index contributed by atoms with van der Waals surface area (Å²) in [6, 6.07) is 47.4. The third-order valence-electron chi connectivity index (χ3n) is 19.2. The third-order valence-corrected chi connectivity index (χ3v) is 21.2. The third kappa shape index (κ3) is 23.9. The Balaban J connectivity index is 0.000000144. The zero-order chi connectivity index (χ0) is 95.7. The number of carbonyl (C=O) groups excluding carboxylic acids is 3. The quantitative estimate of drug-likeness (QED) is 0.0282. The first-order chi connectivity index (χ1) is 64.3. The summed E-state index contributed by atoms with van der Waals surface area (Å²) in [7, 11) is -1.89. The fraction of sp³-hybridized carbons (Fsp3) is 0.112. The molecule has 11 aromatic heterocycles. The zero-order valence-corrected chi connectivity index (χ0v) is 76.5. The molecule has 6 aromatic carbocycles. The highest BCUT2D eigenvalue weighted by molar-refractivity contribution is 9.10. The van der Waals surface area contributed by atoms with E-state index in [0.717, 1.165) is 40.4 Å². The number of fused-ring (bicyclic) bond motifs is 4. The molecule has 18 rings (SSSR count). The summed E-state index contributed by atoms with van der Waals surface area (Å²) in [5.74, 6) is 0.544. The Labute approximate surface area is 793 Å². The summed E-state index contributed by atoms with van der Waals surface area (Å²) in [4.78, 5) is 89.6. The van der Waals surface area contributed by atoms with Crippen LogP contribution in [0, 0.1) is 40.5 Å². The Hall–Kier alpha value is -14.9. The number of hydrogen-bond donors (Lipinski definition) is 3. The Morgan fingerprint density at radius 3 is 1.37 bits per heavy atom. The number of nitrogens with zero attached hydrogens (tertiary/aromatic N) is 21. The number of halogens is 9. The maximum atomic E-state index is 13.9. The van der Waals surface area contributed by atoms with Gasteiger partial charge in [0.15, 0.2) is 12.6 Å². The van der Waals surface area contributed by atoms with Crippen LogP contribution in [-0.2, 0) is 4.79 Å². The Morgan fingerprint density at radius 2 is 0.940 bits per heavy atom. The first-order valence-electron chi connectivity index (χ1n) is 39.4. The van der Waals surface area contributed by atoms with Gasteiger partial charge in [0, 0.05) is 103 Å². The minimum atomic E-state index is -2.95. The van der Waals surface area contributed by atoms with Gasteiger partial charge in [-0.1, -0.05) is 132 Å². The smallest absolute Gasteiger partial charge is 0.423 e. The SMILES string of the molecule is Cc1cn(-c2ccc(Cl)cc2-c2ccc(/C3=C/CC[C@@H](C)C(=O)Nc4cnn(C(F)F)c4-c4ccnc3c4)c(=O)o2)nn1.Cc1cn(-c2ccc(Cl)cc2-c2ccc(B(O)O)c(=O)o2)nn1.Cc1cn(-c2ccc(Cl)cc2-c2ccc(Br)c(=O)o2)nn1.Cc1cn(-c2ccc(Cl)cc2-c2cccc(=O)o2)nn1.Cc1cn(-c2ccc(Cl)cc2C=O)nn1.[N-]=[N+]=Nc1ccc(Cl)cc1C=O. The van der Waals surface area contributed by atoms with E-state index in [1.165, 1.54) is 47.4 Å². The lowest BCUT2D eigenvalue weighted by Crippen LogP contribution is -2.40. The molecule has 1 atom stereocenters. The summed E-state index contributed by atoms with van der Waals surface area (Å²) in [6.45, 7) is 7.93. The minimum Gasteiger partial charge on any atom is -0.423 e. The topological polar surface area (TPSA) is 458 Å². The van der Waals surface area contributed by atoms with E-state index < -0.39 is 42.1 Å². The maximum Gasteiger partial charge on any atom is 0.495 e. The van der Waals surface area contributed by atoms with E-state index in [4.69, 9.17) is 103 Å². The summed E-state index contributed by atoms with van der Waals surface area (Å²) in [5, 5.41) is 70.8. The van der Waals surface area contributed by atoms with Gasteiger partial charge in [-0.15, -0.1) is 25.5 Å². The molecular formula is C89H66BBrCl6F2N22O13. The molecule has 2 bridgehead atoms. The number of anilines is 1.